The number of rotatable bonds is 4. The maximum Gasteiger partial charge on any atom is 0.0594 e. The highest BCUT2D eigenvalue weighted by atomic mass is 14.9. The second-order valence-corrected chi connectivity index (χ2v) is 4.59. The van der Waals surface area contributed by atoms with Crippen molar-refractivity contribution < 1.29 is 0 Å². The minimum atomic E-state index is 0.727. The van der Waals surface area contributed by atoms with Gasteiger partial charge < -0.3 is 5.32 Å². The third-order valence-electron chi connectivity index (χ3n) is 3.20. The number of nitrogens with zero attached hydrogens (tertiary/aromatic N) is 1. The molecule has 0 fully saturated rings. The molecular weight excluding hydrogens is 244 g/mol. The summed E-state index contributed by atoms with van der Waals surface area (Å²) in [5.74, 6) is 0. The normalized spacial score (nSPS) is 10.2. The van der Waals surface area contributed by atoms with Crippen LogP contribution < -0.4 is 5.32 Å². The van der Waals surface area contributed by atoms with Gasteiger partial charge in [0, 0.05) is 17.4 Å². The van der Waals surface area contributed by atoms with Crippen LogP contribution in [0.2, 0.25) is 0 Å². The molecule has 3 rings (SSSR count). The van der Waals surface area contributed by atoms with E-state index >= 15 is 0 Å². The van der Waals surface area contributed by atoms with Gasteiger partial charge in [-0.05, 0) is 23.8 Å². The third-order valence-corrected chi connectivity index (χ3v) is 3.20. The van der Waals surface area contributed by atoms with Crippen molar-refractivity contribution in [3.8, 4) is 11.1 Å². The Hall–Kier alpha value is -2.61. The summed E-state index contributed by atoms with van der Waals surface area (Å²) in [6, 6.07) is 24.7. The number of aromatic nitrogens is 1. The van der Waals surface area contributed by atoms with Crippen LogP contribution in [0, 0.1) is 0 Å². The van der Waals surface area contributed by atoms with E-state index in [1.807, 2.05) is 36.5 Å². The lowest BCUT2D eigenvalue weighted by atomic mass is 10.0. The molecule has 98 valence electrons. The van der Waals surface area contributed by atoms with Crippen LogP contribution in [-0.2, 0) is 6.54 Å². The van der Waals surface area contributed by atoms with Gasteiger partial charge in [0.1, 0.15) is 0 Å². The van der Waals surface area contributed by atoms with Gasteiger partial charge in [-0.3, -0.25) is 4.98 Å². The van der Waals surface area contributed by atoms with Crippen LogP contribution in [-0.4, -0.2) is 4.98 Å². The standard InChI is InChI=1S/C18H16N2/c1-2-8-15(9-3-1)17-11-4-5-12-18(17)20-14-16-10-6-7-13-19-16/h1-13,20H,14H2. The highest BCUT2D eigenvalue weighted by molar-refractivity contribution is 5.77. The van der Waals surface area contributed by atoms with Gasteiger partial charge in [0.2, 0.25) is 0 Å². The van der Waals surface area contributed by atoms with Crippen LogP contribution in [0.5, 0.6) is 0 Å². The van der Waals surface area contributed by atoms with Crippen molar-refractivity contribution in [1.82, 2.24) is 4.98 Å². The van der Waals surface area contributed by atoms with E-state index in [2.05, 4.69) is 52.8 Å². The topological polar surface area (TPSA) is 24.9 Å². The van der Waals surface area contributed by atoms with Crippen LogP contribution in [0.3, 0.4) is 0 Å². The van der Waals surface area contributed by atoms with Gasteiger partial charge in [0.05, 0.1) is 12.2 Å². The predicted molar refractivity (Wildman–Crippen MR) is 83.4 cm³/mol. The lowest BCUT2D eigenvalue weighted by Crippen LogP contribution is -2.02. The van der Waals surface area contributed by atoms with Gasteiger partial charge in [-0.2, -0.15) is 0 Å². The van der Waals surface area contributed by atoms with Gasteiger partial charge in [0.25, 0.3) is 0 Å². The second kappa shape index (κ2) is 6.02. The number of hydrogen-bond acceptors (Lipinski definition) is 2. The van der Waals surface area contributed by atoms with Crippen molar-refractivity contribution in [3.05, 3.63) is 84.7 Å². The molecule has 0 aliphatic heterocycles. The first kappa shape index (κ1) is 12.4. The van der Waals surface area contributed by atoms with Crippen molar-refractivity contribution in [1.29, 1.82) is 0 Å². The minimum absolute atomic E-state index is 0.727. The molecule has 0 spiro atoms. The van der Waals surface area contributed by atoms with Crippen molar-refractivity contribution in [3.63, 3.8) is 0 Å². The summed E-state index contributed by atoms with van der Waals surface area (Å²) in [6.45, 7) is 0.727. The quantitative estimate of drug-likeness (QED) is 0.754. The highest BCUT2D eigenvalue weighted by Crippen LogP contribution is 2.27. The first-order valence-corrected chi connectivity index (χ1v) is 6.72. The average molecular weight is 260 g/mol. The SMILES string of the molecule is c1ccc(-c2ccccc2NCc2ccccn2)cc1. The Morgan fingerprint density at radius 3 is 2.30 bits per heavy atom. The second-order valence-electron chi connectivity index (χ2n) is 4.59. The Labute approximate surface area is 119 Å². The molecule has 2 nitrogen and oxygen atoms in total. The molecule has 1 heterocycles. The first-order valence-electron chi connectivity index (χ1n) is 6.72. The average Bonchev–Trinajstić information content (AvgIpc) is 2.55. The first-order chi connectivity index (χ1) is 9.93. The summed E-state index contributed by atoms with van der Waals surface area (Å²) in [6.07, 6.45) is 1.82. The van der Waals surface area contributed by atoms with Crippen molar-refractivity contribution in [2.24, 2.45) is 0 Å². The van der Waals surface area contributed by atoms with E-state index in [4.69, 9.17) is 0 Å². The zero-order valence-electron chi connectivity index (χ0n) is 11.2. The Morgan fingerprint density at radius 1 is 0.750 bits per heavy atom. The van der Waals surface area contributed by atoms with Crippen molar-refractivity contribution in [2.75, 3.05) is 5.32 Å². The number of pyridine rings is 1. The molecule has 0 aliphatic rings. The smallest absolute Gasteiger partial charge is 0.0594 e. The summed E-state index contributed by atoms with van der Waals surface area (Å²) in [5, 5.41) is 3.47. The lowest BCUT2D eigenvalue weighted by Gasteiger charge is -2.12. The van der Waals surface area contributed by atoms with Crippen LogP contribution in [0.25, 0.3) is 11.1 Å². The Bertz CT molecular complexity index is 663. The Morgan fingerprint density at radius 2 is 1.50 bits per heavy atom. The number of benzene rings is 2. The molecule has 3 aromatic rings. The number of hydrogen-bond donors (Lipinski definition) is 1. The van der Waals surface area contributed by atoms with E-state index < -0.39 is 0 Å². The molecule has 0 saturated carbocycles. The summed E-state index contributed by atoms with van der Waals surface area (Å²) in [4.78, 5) is 4.33. The lowest BCUT2D eigenvalue weighted by molar-refractivity contribution is 1.05. The fourth-order valence-electron chi connectivity index (χ4n) is 2.20. The van der Waals surface area contributed by atoms with E-state index in [0.29, 0.717) is 0 Å². The van der Waals surface area contributed by atoms with E-state index in [9.17, 15) is 0 Å². The van der Waals surface area contributed by atoms with E-state index in [-0.39, 0.29) is 0 Å². The summed E-state index contributed by atoms with van der Waals surface area (Å²) in [7, 11) is 0. The van der Waals surface area contributed by atoms with Gasteiger partial charge in [-0.1, -0.05) is 54.6 Å². The van der Waals surface area contributed by atoms with Gasteiger partial charge >= 0.3 is 0 Å². The fourth-order valence-corrected chi connectivity index (χ4v) is 2.20. The molecule has 1 N–H and O–H groups in total. The molecule has 0 radical (unpaired) electrons. The zero-order chi connectivity index (χ0) is 13.6. The maximum atomic E-state index is 4.33. The molecule has 0 bridgehead atoms. The van der Waals surface area contributed by atoms with Gasteiger partial charge in [-0.25, -0.2) is 0 Å². The molecule has 1 aromatic heterocycles. The Kier molecular flexibility index (Phi) is 3.74. The van der Waals surface area contributed by atoms with Crippen LogP contribution >= 0.6 is 0 Å². The molecule has 0 saturated heterocycles. The molecule has 2 heteroatoms. The van der Waals surface area contributed by atoms with Crippen molar-refractivity contribution in [2.45, 2.75) is 6.54 Å². The van der Waals surface area contributed by atoms with Gasteiger partial charge in [0.15, 0.2) is 0 Å². The Balaban J connectivity index is 1.84. The number of para-hydroxylation sites is 1. The highest BCUT2D eigenvalue weighted by Gasteiger charge is 2.03. The number of nitrogens with one attached hydrogen (secondary N) is 1. The largest absolute Gasteiger partial charge is 0.379 e. The molecule has 0 aliphatic carbocycles. The molecule has 0 atom stereocenters. The maximum absolute atomic E-state index is 4.33. The van der Waals surface area contributed by atoms with Crippen LogP contribution in [0.1, 0.15) is 5.69 Å². The summed E-state index contributed by atoms with van der Waals surface area (Å²) in [5.41, 5.74) is 4.60. The zero-order valence-corrected chi connectivity index (χ0v) is 11.2. The summed E-state index contributed by atoms with van der Waals surface area (Å²) < 4.78 is 0. The molecule has 20 heavy (non-hydrogen) atoms. The monoisotopic (exact) mass is 260 g/mol. The van der Waals surface area contributed by atoms with E-state index in [0.717, 1.165) is 17.9 Å². The van der Waals surface area contributed by atoms with Crippen molar-refractivity contribution >= 4 is 5.69 Å². The minimum Gasteiger partial charge on any atom is -0.379 e. The molecule has 0 unspecified atom stereocenters. The third kappa shape index (κ3) is 2.86. The fraction of sp³-hybridized carbons (Fsp3) is 0.0556. The molecular formula is C18H16N2. The molecule has 0 amide bonds. The van der Waals surface area contributed by atoms with Crippen LogP contribution in [0.4, 0.5) is 5.69 Å². The van der Waals surface area contributed by atoms with E-state index in [1.54, 1.807) is 0 Å². The predicted octanol–water partition coefficient (Wildman–Crippen LogP) is 4.36. The summed E-state index contributed by atoms with van der Waals surface area (Å²) >= 11 is 0. The molecule has 2 aromatic carbocycles. The number of anilines is 1. The van der Waals surface area contributed by atoms with Crippen LogP contribution in [0.15, 0.2) is 79.0 Å². The van der Waals surface area contributed by atoms with E-state index in [1.165, 1.54) is 11.1 Å². The van der Waals surface area contributed by atoms with Gasteiger partial charge in [-0.15, -0.1) is 0 Å².